The molecule has 0 heterocycles. The molecular formula is C24H26O2. The zero-order valence-corrected chi connectivity index (χ0v) is 15.2. The molecule has 2 heteroatoms. The highest BCUT2D eigenvalue weighted by molar-refractivity contribution is 5.79. The first kappa shape index (κ1) is 19.3. The number of aromatic hydroxyl groups is 2. The minimum Gasteiger partial charge on any atom is -0.507 e. The molecule has 0 fully saturated rings. The number of benzene rings is 2. The standard InChI is InChI=1S/C24H26O2/c1-5-9-17-13-19(11-7-3)23(25)21(15-17)22-16-18(10-6-2)14-20(12-8-4)24(22)26/h5-8,13-16,25-26H,1-4,9-12H2. The monoisotopic (exact) mass is 346 g/mol. The summed E-state index contributed by atoms with van der Waals surface area (Å²) < 4.78 is 0. The van der Waals surface area contributed by atoms with E-state index in [0.717, 1.165) is 22.3 Å². The van der Waals surface area contributed by atoms with Gasteiger partial charge in [0.05, 0.1) is 0 Å². The molecule has 0 saturated heterocycles. The van der Waals surface area contributed by atoms with E-state index < -0.39 is 0 Å². The highest BCUT2D eigenvalue weighted by Gasteiger charge is 2.17. The first-order valence-electron chi connectivity index (χ1n) is 8.69. The van der Waals surface area contributed by atoms with Gasteiger partial charge in [-0.15, -0.1) is 26.3 Å². The molecule has 0 saturated carbocycles. The first-order chi connectivity index (χ1) is 12.5. The Morgan fingerprint density at radius 3 is 1.23 bits per heavy atom. The van der Waals surface area contributed by atoms with Crippen LogP contribution in [0.3, 0.4) is 0 Å². The van der Waals surface area contributed by atoms with Crippen molar-refractivity contribution in [2.75, 3.05) is 0 Å². The van der Waals surface area contributed by atoms with Gasteiger partial charge in [-0.05, 0) is 60.1 Å². The summed E-state index contributed by atoms with van der Waals surface area (Å²) in [7, 11) is 0. The second kappa shape index (κ2) is 8.91. The summed E-state index contributed by atoms with van der Waals surface area (Å²) in [6.45, 7) is 15.1. The van der Waals surface area contributed by atoms with Gasteiger partial charge in [-0.3, -0.25) is 0 Å². The molecule has 0 aliphatic rings. The Morgan fingerprint density at radius 2 is 0.923 bits per heavy atom. The fraction of sp³-hybridized carbons (Fsp3) is 0.167. The Kier molecular flexibility index (Phi) is 6.62. The predicted molar refractivity (Wildman–Crippen MR) is 111 cm³/mol. The van der Waals surface area contributed by atoms with E-state index in [1.807, 2.05) is 36.4 Å². The van der Waals surface area contributed by atoms with Gasteiger partial charge in [0.1, 0.15) is 11.5 Å². The fourth-order valence-corrected chi connectivity index (χ4v) is 3.12. The molecule has 0 radical (unpaired) electrons. The van der Waals surface area contributed by atoms with E-state index in [9.17, 15) is 10.2 Å². The van der Waals surface area contributed by atoms with Crippen molar-refractivity contribution in [2.24, 2.45) is 0 Å². The molecule has 0 bridgehead atoms. The van der Waals surface area contributed by atoms with Gasteiger partial charge >= 0.3 is 0 Å². The summed E-state index contributed by atoms with van der Waals surface area (Å²) in [6, 6.07) is 7.73. The van der Waals surface area contributed by atoms with Crippen LogP contribution >= 0.6 is 0 Å². The van der Waals surface area contributed by atoms with Crippen LogP contribution < -0.4 is 0 Å². The van der Waals surface area contributed by atoms with Gasteiger partial charge in [-0.2, -0.15) is 0 Å². The van der Waals surface area contributed by atoms with E-state index in [2.05, 4.69) is 26.3 Å². The van der Waals surface area contributed by atoms with Crippen LogP contribution in [-0.4, -0.2) is 10.2 Å². The molecule has 26 heavy (non-hydrogen) atoms. The third-order valence-electron chi connectivity index (χ3n) is 4.28. The molecule has 0 amide bonds. The average Bonchev–Trinajstić information content (AvgIpc) is 2.61. The summed E-state index contributed by atoms with van der Waals surface area (Å²) in [4.78, 5) is 0. The van der Waals surface area contributed by atoms with Crippen molar-refractivity contribution < 1.29 is 10.2 Å². The lowest BCUT2D eigenvalue weighted by molar-refractivity contribution is 0.463. The average molecular weight is 346 g/mol. The summed E-state index contributed by atoms with van der Waals surface area (Å²) >= 11 is 0. The number of phenols is 2. The molecular weight excluding hydrogens is 320 g/mol. The fourth-order valence-electron chi connectivity index (χ4n) is 3.12. The number of rotatable bonds is 9. The lowest BCUT2D eigenvalue weighted by Crippen LogP contribution is -1.95. The van der Waals surface area contributed by atoms with E-state index in [4.69, 9.17) is 0 Å². The summed E-state index contributed by atoms with van der Waals surface area (Å²) in [5.74, 6) is 0.349. The minimum absolute atomic E-state index is 0.174. The van der Waals surface area contributed by atoms with E-state index in [1.165, 1.54) is 0 Å². The summed E-state index contributed by atoms with van der Waals surface area (Å²) in [6.07, 6.45) is 9.64. The second-order valence-corrected chi connectivity index (χ2v) is 6.27. The van der Waals surface area contributed by atoms with E-state index in [1.54, 1.807) is 12.2 Å². The molecule has 2 nitrogen and oxygen atoms in total. The molecule has 2 aromatic rings. The molecule has 2 rings (SSSR count). The van der Waals surface area contributed by atoms with Crippen molar-refractivity contribution in [3.05, 3.63) is 97.1 Å². The van der Waals surface area contributed by atoms with Crippen molar-refractivity contribution in [1.29, 1.82) is 0 Å². The van der Waals surface area contributed by atoms with Crippen molar-refractivity contribution in [3.63, 3.8) is 0 Å². The van der Waals surface area contributed by atoms with Crippen molar-refractivity contribution >= 4 is 0 Å². The van der Waals surface area contributed by atoms with Crippen LogP contribution in [0.25, 0.3) is 11.1 Å². The number of hydrogen-bond donors (Lipinski definition) is 2. The van der Waals surface area contributed by atoms with Crippen LogP contribution in [0.5, 0.6) is 11.5 Å². The van der Waals surface area contributed by atoms with Crippen LogP contribution in [0.1, 0.15) is 22.3 Å². The number of allylic oxidation sites excluding steroid dienone is 4. The zero-order chi connectivity index (χ0) is 19.1. The largest absolute Gasteiger partial charge is 0.507 e. The van der Waals surface area contributed by atoms with Crippen LogP contribution in [0.4, 0.5) is 0 Å². The minimum atomic E-state index is 0.174. The Labute approximate surface area is 156 Å². The van der Waals surface area contributed by atoms with Crippen molar-refractivity contribution in [3.8, 4) is 22.6 Å². The summed E-state index contributed by atoms with van der Waals surface area (Å²) in [5.41, 5.74) is 4.87. The Bertz CT molecular complexity index is 772. The first-order valence-corrected chi connectivity index (χ1v) is 8.69. The topological polar surface area (TPSA) is 40.5 Å². The molecule has 0 atom stereocenters. The van der Waals surface area contributed by atoms with Gasteiger partial charge < -0.3 is 10.2 Å². The quantitative estimate of drug-likeness (QED) is 0.574. The maximum atomic E-state index is 10.8. The van der Waals surface area contributed by atoms with Gasteiger partial charge in [0, 0.05) is 11.1 Å². The number of hydrogen-bond acceptors (Lipinski definition) is 2. The maximum absolute atomic E-state index is 10.8. The molecule has 2 aromatic carbocycles. The Hall–Kier alpha value is -3.00. The van der Waals surface area contributed by atoms with Crippen LogP contribution in [0.15, 0.2) is 74.9 Å². The van der Waals surface area contributed by atoms with Gasteiger partial charge in [-0.1, -0.05) is 36.4 Å². The maximum Gasteiger partial charge on any atom is 0.127 e. The Balaban J connectivity index is 2.75. The van der Waals surface area contributed by atoms with E-state index >= 15 is 0 Å². The highest BCUT2D eigenvalue weighted by Crippen LogP contribution is 2.41. The third-order valence-corrected chi connectivity index (χ3v) is 4.28. The zero-order valence-electron chi connectivity index (χ0n) is 15.2. The molecule has 134 valence electrons. The molecule has 0 aliphatic carbocycles. The number of phenolic OH excluding ortho intramolecular Hbond substituents is 2. The predicted octanol–water partition coefficient (Wildman–Crippen LogP) is 5.68. The van der Waals surface area contributed by atoms with E-state index in [-0.39, 0.29) is 11.5 Å². The van der Waals surface area contributed by atoms with Gasteiger partial charge in [0.25, 0.3) is 0 Å². The van der Waals surface area contributed by atoms with Crippen molar-refractivity contribution in [1.82, 2.24) is 0 Å². The van der Waals surface area contributed by atoms with Crippen molar-refractivity contribution in [2.45, 2.75) is 25.7 Å². The SMILES string of the molecule is C=CCc1cc(CC=C)c(O)c(-c2cc(CC=C)cc(CC=C)c2O)c1. The smallest absolute Gasteiger partial charge is 0.127 e. The molecule has 0 unspecified atom stereocenters. The van der Waals surface area contributed by atoms with Gasteiger partial charge in [0.2, 0.25) is 0 Å². The molecule has 0 aliphatic heterocycles. The summed E-state index contributed by atoms with van der Waals surface area (Å²) in [5, 5.41) is 21.6. The normalized spacial score (nSPS) is 10.3. The van der Waals surface area contributed by atoms with Gasteiger partial charge in [0.15, 0.2) is 0 Å². The highest BCUT2D eigenvalue weighted by atomic mass is 16.3. The second-order valence-electron chi connectivity index (χ2n) is 6.27. The van der Waals surface area contributed by atoms with Crippen LogP contribution in [0.2, 0.25) is 0 Å². The molecule has 0 spiro atoms. The third kappa shape index (κ3) is 4.15. The molecule has 0 aromatic heterocycles. The molecule has 2 N–H and O–H groups in total. The van der Waals surface area contributed by atoms with Crippen LogP contribution in [0, 0.1) is 0 Å². The van der Waals surface area contributed by atoms with Crippen LogP contribution in [-0.2, 0) is 25.7 Å². The van der Waals surface area contributed by atoms with Gasteiger partial charge in [-0.25, -0.2) is 0 Å². The Morgan fingerprint density at radius 1 is 0.577 bits per heavy atom. The van der Waals surface area contributed by atoms with E-state index in [0.29, 0.717) is 36.8 Å². The lowest BCUT2D eigenvalue weighted by atomic mass is 9.91. The lowest BCUT2D eigenvalue weighted by Gasteiger charge is -2.16.